The van der Waals surface area contributed by atoms with Gasteiger partial charge in [0.2, 0.25) is 5.78 Å². The number of thiophene rings is 1. The maximum absolute atomic E-state index is 12.4. The summed E-state index contributed by atoms with van der Waals surface area (Å²) in [5, 5.41) is 2.80. The molecule has 25 heavy (non-hydrogen) atoms. The van der Waals surface area contributed by atoms with Crippen molar-refractivity contribution in [2.45, 2.75) is 6.54 Å². The molecule has 2 aromatic carbocycles. The van der Waals surface area contributed by atoms with E-state index in [0.717, 1.165) is 4.88 Å². The van der Waals surface area contributed by atoms with Crippen LogP contribution in [0.25, 0.3) is 0 Å². The molecule has 0 saturated heterocycles. The van der Waals surface area contributed by atoms with Gasteiger partial charge in [-0.3, -0.25) is 9.59 Å². The Kier molecular flexibility index (Phi) is 5.59. The zero-order chi connectivity index (χ0) is 17.5. The number of carbonyl (C=O) groups is 2. The number of ether oxygens (including phenoxy) is 1. The highest BCUT2D eigenvalue weighted by molar-refractivity contribution is 7.14. The standard InChI is InChI=1S/C20H17NO3S/c22-19(14-24-16-9-5-2-6-10-16)21-13-17-11-12-18(25-17)20(23)15-7-3-1-4-8-15/h1-12H,13-14H2,(H,21,22). The first-order valence-corrected chi connectivity index (χ1v) is 8.67. The minimum atomic E-state index is -0.201. The molecule has 0 radical (unpaired) electrons. The van der Waals surface area contributed by atoms with Gasteiger partial charge in [0, 0.05) is 10.4 Å². The summed E-state index contributed by atoms with van der Waals surface area (Å²) in [6.07, 6.45) is 0. The average molecular weight is 351 g/mol. The second-order valence-corrected chi connectivity index (χ2v) is 6.51. The largest absolute Gasteiger partial charge is 0.484 e. The van der Waals surface area contributed by atoms with Gasteiger partial charge in [0.1, 0.15) is 5.75 Å². The van der Waals surface area contributed by atoms with Gasteiger partial charge < -0.3 is 10.1 Å². The molecule has 0 atom stereocenters. The Labute approximate surface area is 150 Å². The molecule has 3 aromatic rings. The van der Waals surface area contributed by atoms with Crippen molar-refractivity contribution in [2.24, 2.45) is 0 Å². The van der Waals surface area contributed by atoms with Crippen LogP contribution in [0, 0.1) is 0 Å². The summed E-state index contributed by atoms with van der Waals surface area (Å²) in [5.41, 5.74) is 0.663. The smallest absolute Gasteiger partial charge is 0.258 e. The quantitative estimate of drug-likeness (QED) is 0.661. The van der Waals surface area contributed by atoms with Crippen molar-refractivity contribution in [1.29, 1.82) is 0 Å². The Morgan fingerprint density at radius 2 is 1.56 bits per heavy atom. The van der Waals surface area contributed by atoms with E-state index in [1.165, 1.54) is 11.3 Å². The van der Waals surface area contributed by atoms with Crippen molar-refractivity contribution in [1.82, 2.24) is 5.32 Å². The summed E-state index contributed by atoms with van der Waals surface area (Å²) in [7, 11) is 0. The van der Waals surface area contributed by atoms with Crippen LogP contribution in [0.15, 0.2) is 72.8 Å². The van der Waals surface area contributed by atoms with Gasteiger partial charge in [0.15, 0.2) is 6.61 Å². The Morgan fingerprint density at radius 1 is 0.880 bits per heavy atom. The van der Waals surface area contributed by atoms with Crippen molar-refractivity contribution < 1.29 is 14.3 Å². The van der Waals surface area contributed by atoms with Crippen LogP contribution in [-0.4, -0.2) is 18.3 Å². The predicted molar refractivity (Wildman–Crippen MR) is 98.0 cm³/mol. The molecular weight excluding hydrogens is 334 g/mol. The normalized spacial score (nSPS) is 10.2. The minimum Gasteiger partial charge on any atom is -0.484 e. The molecule has 0 aliphatic rings. The molecular formula is C20H17NO3S. The predicted octanol–water partition coefficient (Wildman–Crippen LogP) is 3.67. The van der Waals surface area contributed by atoms with E-state index in [-0.39, 0.29) is 18.3 Å². The molecule has 126 valence electrons. The van der Waals surface area contributed by atoms with Gasteiger partial charge in [-0.1, -0.05) is 48.5 Å². The van der Waals surface area contributed by atoms with E-state index < -0.39 is 0 Å². The first-order valence-electron chi connectivity index (χ1n) is 7.85. The zero-order valence-electron chi connectivity index (χ0n) is 13.5. The fourth-order valence-corrected chi connectivity index (χ4v) is 3.14. The van der Waals surface area contributed by atoms with E-state index in [2.05, 4.69) is 5.32 Å². The first-order chi connectivity index (χ1) is 12.2. The van der Waals surface area contributed by atoms with Crippen LogP contribution in [0.5, 0.6) is 5.75 Å². The maximum atomic E-state index is 12.4. The summed E-state index contributed by atoms with van der Waals surface area (Å²) >= 11 is 1.39. The third-order valence-corrected chi connectivity index (χ3v) is 4.58. The van der Waals surface area contributed by atoms with Gasteiger partial charge in [-0.2, -0.15) is 0 Å². The van der Waals surface area contributed by atoms with E-state index >= 15 is 0 Å². The van der Waals surface area contributed by atoms with Gasteiger partial charge in [-0.25, -0.2) is 0 Å². The third kappa shape index (κ3) is 4.78. The van der Waals surface area contributed by atoms with E-state index in [4.69, 9.17) is 4.74 Å². The number of hydrogen-bond acceptors (Lipinski definition) is 4. The van der Waals surface area contributed by atoms with Crippen molar-refractivity contribution in [2.75, 3.05) is 6.61 Å². The van der Waals surface area contributed by atoms with Crippen molar-refractivity contribution >= 4 is 23.0 Å². The number of hydrogen-bond donors (Lipinski definition) is 1. The molecule has 1 aromatic heterocycles. The lowest BCUT2D eigenvalue weighted by atomic mass is 10.1. The second-order valence-electron chi connectivity index (χ2n) is 5.34. The monoisotopic (exact) mass is 351 g/mol. The molecule has 0 fully saturated rings. The van der Waals surface area contributed by atoms with Crippen LogP contribution >= 0.6 is 11.3 Å². The molecule has 1 heterocycles. The molecule has 0 aliphatic carbocycles. The summed E-state index contributed by atoms with van der Waals surface area (Å²) in [6, 6.07) is 22.0. The average Bonchev–Trinajstić information content (AvgIpc) is 3.14. The molecule has 0 bridgehead atoms. The fraction of sp³-hybridized carbons (Fsp3) is 0.100. The molecule has 0 aliphatic heterocycles. The van der Waals surface area contributed by atoms with Crippen molar-refractivity contribution in [3.05, 3.63) is 88.1 Å². The van der Waals surface area contributed by atoms with E-state index in [0.29, 0.717) is 22.7 Å². The van der Waals surface area contributed by atoms with Gasteiger partial charge in [-0.05, 0) is 24.3 Å². The van der Waals surface area contributed by atoms with Crippen molar-refractivity contribution in [3.63, 3.8) is 0 Å². The first kappa shape index (κ1) is 16.9. The Hall–Kier alpha value is -2.92. The SMILES string of the molecule is O=C(COc1ccccc1)NCc1ccc(C(=O)c2ccccc2)s1. The topological polar surface area (TPSA) is 55.4 Å². The van der Waals surface area contributed by atoms with Crippen LogP contribution in [-0.2, 0) is 11.3 Å². The summed E-state index contributed by atoms with van der Waals surface area (Å²) < 4.78 is 5.39. The van der Waals surface area contributed by atoms with Crippen LogP contribution < -0.4 is 10.1 Å². The number of benzene rings is 2. The summed E-state index contributed by atoms with van der Waals surface area (Å²) in [6.45, 7) is 0.342. The molecule has 0 unspecified atom stereocenters. The number of para-hydroxylation sites is 1. The highest BCUT2D eigenvalue weighted by Crippen LogP contribution is 2.20. The molecule has 0 spiro atoms. The maximum Gasteiger partial charge on any atom is 0.258 e. The van der Waals surface area contributed by atoms with Crippen LogP contribution in [0.3, 0.4) is 0 Å². The van der Waals surface area contributed by atoms with Crippen LogP contribution in [0.1, 0.15) is 20.1 Å². The van der Waals surface area contributed by atoms with Crippen molar-refractivity contribution in [3.8, 4) is 5.75 Å². The van der Waals surface area contributed by atoms with E-state index in [1.54, 1.807) is 30.3 Å². The molecule has 1 N–H and O–H groups in total. The fourth-order valence-electron chi connectivity index (χ4n) is 2.23. The number of nitrogens with one attached hydrogen (secondary N) is 1. The lowest BCUT2D eigenvalue weighted by molar-refractivity contribution is -0.123. The second kappa shape index (κ2) is 8.26. The molecule has 5 heteroatoms. The lowest BCUT2D eigenvalue weighted by Gasteiger charge is -2.06. The van der Waals surface area contributed by atoms with E-state index in [1.807, 2.05) is 42.5 Å². The zero-order valence-corrected chi connectivity index (χ0v) is 14.3. The number of ketones is 1. The number of rotatable bonds is 7. The third-order valence-electron chi connectivity index (χ3n) is 3.49. The molecule has 1 amide bonds. The summed E-state index contributed by atoms with van der Waals surface area (Å²) in [4.78, 5) is 25.8. The highest BCUT2D eigenvalue weighted by Gasteiger charge is 2.12. The van der Waals surface area contributed by atoms with E-state index in [9.17, 15) is 9.59 Å². The van der Waals surface area contributed by atoms with Gasteiger partial charge in [0.25, 0.3) is 5.91 Å². The van der Waals surface area contributed by atoms with Crippen LogP contribution in [0.2, 0.25) is 0 Å². The molecule has 0 saturated carbocycles. The van der Waals surface area contributed by atoms with Gasteiger partial charge in [0.05, 0.1) is 11.4 Å². The molecule has 4 nitrogen and oxygen atoms in total. The highest BCUT2D eigenvalue weighted by atomic mass is 32.1. The van der Waals surface area contributed by atoms with Crippen LogP contribution in [0.4, 0.5) is 0 Å². The van der Waals surface area contributed by atoms with Gasteiger partial charge >= 0.3 is 0 Å². The minimum absolute atomic E-state index is 0.00409. The summed E-state index contributed by atoms with van der Waals surface area (Å²) in [5.74, 6) is 0.452. The Morgan fingerprint density at radius 3 is 2.28 bits per heavy atom. The Bertz CT molecular complexity index is 844. The van der Waals surface area contributed by atoms with Gasteiger partial charge in [-0.15, -0.1) is 11.3 Å². The Balaban J connectivity index is 1.50. The lowest BCUT2D eigenvalue weighted by Crippen LogP contribution is -2.28. The number of carbonyl (C=O) groups excluding carboxylic acids is 2. The number of amides is 1. The molecule has 3 rings (SSSR count).